The van der Waals surface area contributed by atoms with Gasteiger partial charge in [-0.2, -0.15) is 0 Å². The van der Waals surface area contributed by atoms with E-state index in [1.807, 2.05) is 43.3 Å². The van der Waals surface area contributed by atoms with Crippen LogP contribution < -0.4 is 5.32 Å². The number of carbonyl (C=O) groups excluding carboxylic acids is 2. The number of hydrogen-bond acceptors (Lipinski definition) is 5. The summed E-state index contributed by atoms with van der Waals surface area (Å²) in [4.78, 5) is 38.9. The Labute approximate surface area is 204 Å². The third-order valence-electron chi connectivity index (χ3n) is 7.20. The summed E-state index contributed by atoms with van der Waals surface area (Å²) in [7, 11) is 0. The number of carboxylic acids is 1. The van der Waals surface area contributed by atoms with Crippen LogP contribution in [0.1, 0.15) is 49.7 Å². The van der Waals surface area contributed by atoms with E-state index in [4.69, 9.17) is 9.84 Å². The van der Waals surface area contributed by atoms with Crippen molar-refractivity contribution in [3.63, 3.8) is 0 Å². The first-order chi connectivity index (χ1) is 16.9. The molecule has 0 bridgehead atoms. The van der Waals surface area contributed by atoms with Gasteiger partial charge >= 0.3 is 12.1 Å². The van der Waals surface area contributed by atoms with Gasteiger partial charge in [0.05, 0.1) is 0 Å². The summed E-state index contributed by atoms with van der Waals surface area (Å²) in [5.74, 6) is -1.50. The van der Waals surface area contributed by atoms with Crippen LogP contribution in [0.25, 0.3) is 11.1 Å². The molecule has 1 aliphatic carbocycles. The van der Waals surface area contributed by atoms with Crippen molar-refractivity contribution in [2.24, 2.45) is 5.92 Å². The maximum absolute atomic E-state index is 13.3. The Morgan fingerprint density at radius 3 is 2.29 bits per heavy atom. The topological polar surface area (TPSA) is 116 Å². The number of ether oxygens (including phenoxy) is 1. The fourth-order valence-corrected chi connectivity index (χ4v) is 5.47. The molecule has 0 spiro atoms. The number of nitrogens with one attached hydrogen (secondary N) is 1. The van der Waals surface area contributed by atoms with E-state index in [2.05, 4.69) is 17.4 Å². The molecule has 8 heteroatoms. The maximum atomic E-state index is 13.3. The van der Waals surface area contributed by atoms with E-state index in [-0.39, 0.29) is 49.8 Å². The van der Waals surface area contributed by atoms with E-state index in [0.717, 1.165) is 22.3 Å². The zero-order chi connectivity index (χ0) is 24.9. The Bertz CT molecular complexity index is 1040. The number of hydrogen-bond donors (Lipinski definition) is 3. The molecule has 2 amide bonds. The number of carbonyl (C=O) groups is 3. The van der Waals surface area contributed by atoms with E-state index in [1.54, 1.807) is 4.90 Å². The second-order valence-corrected chi connectivity index (χ2v) is 9.19. The molecule has 3 atom stereocenters. The van der Waals surface area contributed by atoms with E-state index in [1.165, 1.54) is 0 Å². The number of aliphatic hydroxyl groups is 1. The molecule has 1 aliphatic heterocycles. The monoisotopic (exact) mass is 480 g/mol. The molecule has 1 saturated heterocycles. The molecule has 0 radical (unpaired) electrons. The van der Waals surface area contributed by atoms with Crippen LogP contribution in [0.3, 0.4) is 0 Å². The Balaban J connectivity index is 1.44. The number of alkyl carbamates (subject to hydrolysis) is 1. The van der Waals surface area contributed by atoms with Crippen LogP contribution in [0.5, 0.6) is 0 Å². The van der Waals surface area contributed by atoms with Crippen LogP contribution in [0.2, 0.25) is 0 Å². The maximum Gasteiger partial charge on any atom is 0.407 e. The number of likely N-dealkylation sites (tertiary alicyclic amines) is 1. The fraction of sp³-hybridized carbons (Fsp3) is 0.444. The molecular weight excluding hydrogens is 448 g/mol. The molecule has 0 aromatic heterocycles. The molecule has 35 heavy (non-hydrogen) atoms. The fourth-order valence-electron chi connectivity index (χ4n) is 5.47. The predicted molar refractivity (Wildman–Crippen MR) is 130 cm³/mol. The summed E-state index contributed by atoms with van der Waals surface area (Å²) in [5.41, 5.74) is 4.39. The molecule has 8 nitrogen and oxygen atoms in total. The third-order valence-corrected chi connectivity index (χ3v) is 7.20. The Morgan fingerprint density at radius 2 is 1.71 bits per heavy atom. The van der Waals surface area contributed by atoms with Crippen molar-refractivity contribution in [1.82, 2.24) is 10.2 Å². The second-order valence-electron chi connectivity index (χ2n) is 9.19. The first-order valence-electron chi connectivity index (χ1n) is 12.2. The van der Waals surface area contributed by atoms with Crippen molar-refractivity contribution in [1.29, 1.82) is 0 Å². The normalized spacial score (nSPS) is 19.7. The van der Waals surface area contributed by atoms with Gasteiger partial charge in [-0.05, 0) is 41.5 Å². The molecule has 2 aromatic carbocycles. The zero-order valence-corrected chi connectivity index (χ0v) is 19.9. The average Bonchev–Trinajstić information content (AvgIpc) is 3.43. The van der Waals surface area contributed by atoms with Crippen LogP contribution in [0.4, 0.5) is 4.79 Å². The molecule has 0 saturated carbocycles. The van der Waals surface area contributed by atoms with Gasteiger partial charge in [0, 0.05) is 37.5 Å². The summed E-state index contributed by atoms with van der Waals surface area (Å²) in [5, 5.41) is 21.4. The molecule has 186 valence electrons. The van der Waals surface area contributed by atoms with E-state index < -0.39 is 18.1 Å². The number of aliphatic hydroxyl groups excluding tert-OH is 1. The number of benzene rings is 2. The van der Waals surface area contributed by atoms with Crippen molar-refractivity contribution >= 4 is 18.0 Å². The summed E-state index contributed by atoms with van der Waals surface area (Å²) in [6.45, 7) is 2.51. The Hall–Kier alpha value is -3.39. The van der Waals surface area contributed by atoms with Gasteiger partial charge in [-0.25, -0.2) is 4.79 Å². The summed E-state index contributed by atoms with van der Waals surface area (Å²) >= 11 is 0. The van der Waals surface area contributed by atoms with Crippen molar-refractivity contribution in [2.45, 2.75) is 50.6 Å². The average molecular weight is 481 g/mol. The van der Waals surface area contributed by atoms with E-state index in [9.17, 15) is 19.5 Å². The van der Waals surface area contributed by atoms with Crippen LogP contribution in [-0.2, 0) is 14.3 Å². The second kappa shape index (κ2) is 10.9. The predicted octanol–water partition coefficient (Wildman–Crippen LogP) is 3.38. The summed E-state index contributed by atoms with van der Waals surface area (Å²) < 4.78 is 5.58. The van der Waals surface area contributed by atoms with Gasteiger partial charge in [-0.1, -0.05) is 55.5 Å². The number of nitrogens with zero attached hydrogens (tertiary/aromatic N) is 1. The number of rotatable bonds is 9. The van der Waals surface area contributed by atoms with E-state index >= 15 is 0 Å². The minimum absolute atomic E-state index is 0.0120. The SMILES string of the molecule is CCC1C(CO)CCN1C(=O)C(CCC(=O)O)NC(=O)OCC1c2ccccc2-c2ccccc21. The molecule has 3 unspecified atom stereocenters. The Morgan fingerprint density at radius 1 is 1.09 bits per heavy atom. The van der Waals surface area contributed by atoms with Crippen LogP contribution in [0.15, 0.2) is 48.5 Å². The highest BCUT2D eigenvalue weighted by Gasteiger charge is 2.39. The van der Waals surface area contributed by atoms with Crippen LogP contribution >= 0.6 is 0 Å². The lowest BCUT2D eigenvalue weighted by Crippen LogP contribution is -2.51. The van der Waals surface area contributed by atoms with Gasteiger partial charge in [0.15, 0.2) is 0 Å². The van der Waals surface area contributed by atoms with Crippen LogP contribution in [-0.4, -0.2) is 64.9 Å². The molecular formula is C27H32N2O6. The first-order valence-corrected chi connectivity index (χ1v) is 12.2. The number of amides is 2. The largest absolute Gasteiger partial charge is 0.481 e. The lowest BCUT2D eigenvalue weighted by atomic mass is 9.98. The lowest BCUT2D eigenvalue weighted by molar-refractivity contribution is -0.138. The highest BCUT2D eigenvalue weighted by atomic mass is 16.5. The van der Waals surface area contributed by atoms with Crippen molar-refractivity contribution in [3.8, 4) is 11.1 Å². The van der Waals surface area contributed by atoms with Gasteiger partial charge < -0.3 is 25.2 Å². The van der Waals surface area contributed by atoms with Gasteiger partial charge in [0.1, 0.15) is 12.6 Å². The first kappa shape index (κ1) is 24.7. The molecule has 2 aliphatic rings. The van der Waals surface area contributed by atoms with Gasteiger partial charge in [0.25, 0.3) is 0 Å². The number of fused-ring (bicyclic) bond motifs is 3. The summed E-state index contributed by atoms with van der Waals surface area (Å²) in [6.07, 6.45) is 0.315. The number of aliphatic carboxylic acids is 1. The lowest BCUT2D eigenvalue weighted by Gasteiger charge is -2.30. The minimum Gasteiger partial charge on any atom is -0.481 e. The van der Waals surface area contributed by atoms with Crippen molar-refractivity contribution < 1.29 is 29.3 Å². The quantitative estimate of drug-likeness (QED) is 0.507. The van der Waals surface area contributed by atoms with Crippen molar-refractivity contribution in [3.05, 3.63) is 59.7 Å². The van der Waals surface area contributed by atoms with Gasteiger partial charge in [0.2, 0.25) is 5.91 Å². The molecule has 3 N–H and O–H groups in total. The standard InChI is InChI=1S/C27H32N2O6/c1-2-24-17(15-30)13-14-29(24)26(33)23(11-12-25(31)32)28-27(34)35-16-22-20-9-5-3-7-18(20)19-8-4-6-10-21(19)22/h3-10,17,22-24,30H,2,11-16H2,1H3,(H,28,34)(H,31,32). The number of carboxylic acid groups (broad SMARTS) is 1. The van der Waals surface area contributed by atoms with Gasteiger partial charge in [-0.3, -0.25) is 9.59 Å². The van der Waals surface area contributed by atoms with E-state index in [0.29, 0.717) is 19.4 Å². The summed E-state index contributed by atoms with van der Waals surface area (Å²) in [6, 6.07) is 14.9. The molecule has 1 heterocycles. The van der Waals surface area contributed by atoms with Crippen molar-refractivity contribution in [2.75, 3.05) is 19.8 Å². The minimum atomic E-state index is -1.04. The Kier molecular flexibility index (Phi) is 7.70. The molecule has 2 aromatic rings. The smallest absolute Gasteiger partial charge is 0.407 e. The highest BCUT2D eigenvalue weighted by Crippen LogP contribution is 2.44. The highest BCUT2D eigenvalue weighted by molar-refractivity contribution is 5.87. The molecule has 1 fully saturated rings. The third kappa shape index (κ3) is 5.17. The van der Waals surface area contributed by atoms with Crippen LogP contribution in [0, 0.1) is 5.92 Å². The van der Waals surface area contributed by atoms with Gasteiger partial charge in [-0.15, -0.1) is 0 Å². The zero-order valence-electron chi connectivity index (χ0n) is 19.9. The molecule has 4 rings (SSSR count).